The van der Waals surface area contributed by atoms with Crippen LogP contribution in [-0.4, -0.2) is 21.4 Å². The molecule has 0 unspecified atom stereocenters. The van der Waals surface area contributed by atoms with E-state index in [4.69, 9.17) is 11.6 Å². The summed E-state index contributed by atoms with van der Waals surface area (Å²) in [6, 6.07) is 15.5. The summed E-state index contributed by atoms with van der Waals surface area (Å²) in [6.07, 6.45) is 1.65. The van der Waals surface area contributed by atoms with Crippen LogP contribution in [0.15, 0.2) is 52.9 Å². The smallest absolute Gasteiger partial charge is 0.237 e. The minimum atomic E-state index is -0.168. The van der Waals surface area contributed by atoms with Crippen LogP contribution in [0.3, 0.4) is 0 Å². The Balaban J connectivity index is 1.49. The number of nitrogens with one attached hydrogen (secondary N) is 1. The molecule has 126 valence electrons. The van der Waals surface area contributed by atoms with Crippen LogP contribution in [0.4, 0.5) is 5.69 Å². The van der Waals surface area contributed by atoms with Gasteiger partial charge in [-0.25, -0.2) is 0 Å². The Kier molecular flexibility index (Phi) is 4.74. The molecule has 0 saturated carbocycles. The van der Waals surface area contributed by atoms with E-state index in [1.165, 1.54) is 28.7 Å². The molecule has 1 aromatic heterocycles. The zero-order chi connectivity index (χ0) is 17.2. The molecule has 4 rings (SSSR count). The second kappa shape index (κ2) is 7.15. The summed E-state index contributed by atoms with van der Waals surface area (Å²) in [5.74, 6) is 0.0261. The normalized spacial score (nSPS) is 16.8. The first-order valence-corrected chi connectivity index (χ1v) is 9.91. The van der Waals surface area contributed by atoms with Crippen molar-refractivity contribution in [2.45, 2.75) is 22.4 Å². The van der Waals surface area contributed by atoms with Gasteiger partial charge in [0, 0.05) is 16.3 Å². The molecule has 1 atom stereocenters. The summed E-state index contributed by atoms with van der Waals surface area (Å²) in [4.78, 5) is 12.5. The average molecular weight is 388 g/mol. The van der Waals surface area contributed by atoms with Crippen LogP contribution in [0.25, 0.3) is 10.6 Å². The van der Waals surface area contributed by atoms with Crippen molar-refractivity contribution in [2.24, 2.45) is 0 Å². The van der Waals surface area contributed by atoms with Crippen molar-refractivity contribution >= 4 is 46.3 Å². The van der Waals surface area contributed by atoms with Crippen LogP contribution in [-0.2, 0) is 11.2 Å². The summed E-state index contributed by atoms with van der Waals surface area (Å²) in [5.41, 5.74) is 3.07. The molecule has 3 aromatic rings. The number of aryl methyl sites for hydroxylation is 1. The highest BCUT2D eigenvalue weighted by molar-refractivity contribution is 8.02. The van der Waals surface area contributed by atoms with Crippen molar-refractivity contribution in [1.82, 2.24) is 10.2 Å². The van der Waals surface area contributed by atoms with Gasteiger partial charge in [0.2, 0.25) is 5.91 Å². The minimum absolute atomic E-state index is 0.0261. The SMILES string of the molecule is O=C1Nc2ccccc2CC[C@@H]1Sc1nnc(-c2ccc(Cl)cc2)s1. The lowest BCUT2D eigenvalue weighted by Gasteiger charge is -2.10. The molecule has 0 radical (unpaired) electrons. The van der Waals surface area contributed by atoms with E-state index in [9.17, 15) is 4.79 Å². The highest BCUT2D eigenvalue weighted by atomic mass is 35.5. The van der Waals surface area contributed by atoms with E-state index in [1.54, 1.807) is 0 Å². The highest BCUT2D eigenvalue weighted by Gasteiger charge is 2.25. The van der Waals surface area contributed by atoms with Gasteiger partial charge in [-0.05, 0) is 36.6 Å². The number of hydrogen-bond acceptors (Lipinski definition) is 5. The van der Waals surface area contributed by atoms with Gasteiger partial charge in [0.15, 0.2) is 4.34 Å². The number of nitrogens with zero attached hydrogens (tertiary/aromatic N) is 2. The fourth-order valence-electron chi connectivity index (χ4n) is 2.69. The van der Waals surface area contributed by atoms with E-state index in [2.05, 4.69) is 21.6 Å². The number of carbonyl (C=O) groups is 1. The number of anilines is 1. The second-order valence-electron chi connectivity index (χ2n) is 5.67. The second-order valence-corrected chi connectivity index (χ2v) is 8.54. The number of amides is 1. The van der Waals surface area contributed by atoms with E-state index < -0.39 is 0 Å². The van der Waals surface area contributed by atoms with Crippen molar-refractivity contribution in [3.05, 3.63) is 59.1 Å². The van der Waals surface area contributed by atoms with Gasteiger partial charge >= 0.3 is 0 Å². The molecule has 2 aromatic carbocycles. The Morgan fingerprint density at radius 3 is 2.76 bits per heavy atom. The lowest BCUT2D eigenvalue weighted by Crippen LogP contribution is -2.23. The first-order chi connectivity index (χ1) is 12.2. The van der Waals surface area contributed by atoms with Crippen molar-refractivity contribution in [2.75, 3.05) is 5.32 Å². The predicted octanol–water partition coefficient (Wildman–Crippen LogP) is 4.90. The topological polar surface area (TPSA) is 54.9 Å². The molecule has 0 bridgehead atoms. The number of carbonyl (C=O) groups excluding carboxylic acids is 1. The van der Waals surface area contributed by atoms with E-state index >= 15 is 0 Å². The van der Waals surface area contributed by atoms with Gasteiger partial charge in [-0.15, -0.1) is 10.2 Å². The number of thioether (sulfide) groups is 1. The van der Waals surface area contributed by atoms with E-state index in [-0.39, 0.29) is 11.2 Å². The van der Waals surface area contributed by atoms with Gasteiger partial charge in [-0.1, -0.05) is 65.0 Å². The fraction of sp³-hybridized carbons (Fsp3) is 0.167. The lowest BCUT2D eigenvalue weighted by molar-refractivity contribution is -0.115. The molecule has 0 saturated heterocycles. The summed E-state index contributed by atoms with van der Waals surface area (Å²) in [7, 11) is 0. The Labute approximate surface area is 158 Å². The molecular weight excluding hydrogens is 374 g/mol. The van der Waals surface area contributed by atoms with Crippen molar-refractivity contribution in [3.63, 3.8) is 0 Å². The van der Waals surface area contributed by atoms with E-state index in [1.807, 2.05) is 42.5 Å². The van der Waals surface area contributed by atoms with Gasteiger partial charge in [-0.2, -0.15) is 0 Å². The molecule has 2 heterocycles. The molecule has 0 spiro atoms. The molecule has 1 aliphatic rings. The maximum absolute atomic E-state index is 12.5. The zero-order valence-corrected chi connectivity index (χ0v) is 15.5. The summed E-state index contributed by atoms with van der Waals surface area (Å²) in [5, 5.41) is 12.9. The van der Waals surface area contributed by atoms with E-state index in [0.29, 0.717) is 5.02 Å². The number of rotatable bonds is 3. The van der Waals surface area contributed by atoms with Gasteiger partial charge < -0.3 is 5.32 Å². The summed E-state index contributed by atoms with van der Waals surface area (Å²) in [6.45, 7) is 0. The van der Waals surface area contributed by atoms with Crippen LogP contribution in [0.2, 0.25) is 5.02 Å². The first kappa shape index (κ1) is 16.6. The molecule has 1 amide bonds. The predicted molar refractivity (Wildman–Crippen MR) is 103 cm³/mol. The first-order valence-electron chi connectivity index (χ1n) is 7.84. The average Bonchev–Trinajstić information content (AvgIpc) is 3.02. The molecule has 7 heteroatoms. The van der Waals surface area contributed by atoms with Crippen LogP contribution < -0.4 is 5.32 Å². The lowest BCUT2D eigenvalue weighted by atomic mass is 10.1. The third-order valence-corrected chi connectivity index (χ3v) is 6.56. The van der Waals surface area contributed by atoms with Gasteiger partial charge in [0.25, 0.3) is 0 Å². The van der Waals surface area contributed by atoms with Crippen molar-refractivity contribution in [3.8, 4) is 10.6 Å². The molecule has 1 N–H and O–H groups in total. The Bertz CT molecular complexity index is 911. The Hall–Kier alpha value is -1.89. The number of aromatic nitrogens is 2. The monoisotopic (exact) mass is 387 g/mol. The molecular formula is C18H14ClN3OS2. The summed E-state index contributed by atoms with van der Waals surface area (Å²) < 4.78 is 0.802. The highest BCUT2D eigenvalue weighted by Crippen LogP contribution is 2.35. The minimum Gasteiger partial charge on any atom is -0.325 e. The van der Waals surface area contributed by atoms with Crippen LogP contribution >= 0.6 is 34.7 Å². The molecule has 1 aliphatic heterocycles. The zero-order valence-electron chi connectivity index (χ0n) is 13.1. The maximum atomic E-state index is 12.5. The Morgan fingerprint density at radius 2 is 1.92 bits per heavy atom. The quantitative estimate of drug-likeness (QED) is 0.694. The van der Waals surface area contributed by atoms with Crippen LogP contribution in [0, 0.1) is 0 Å². The van der Waals surface area contributed by atoms with Crippen LogP contribution in [0.1, 0.15) is 12.0 Å². The van der Waals surface area contributed by atoms with Gasteiger partial charge in [0.05, 0.1) is 5.25 Å². The van der Waals surface area contributed by atoms with E-state index in [0.717, 1.165) is 33.4 Å². The Morgan fingerprint density at radius 1 is 1.12 bits per heavy atom. The fourth-order valence-corrected chi connectivity index (χ4v) is 4.91. The molecule has 0 aliphatic carbocycles. The number of hydrogen-bond donors (Lipinski definition) is 1. The molecule has 4 nitrogen and oxygen atoms in total. The number of para-hydroxylation sites is 1. The third kappa shape index (κ3) is 3.71. The molecule has 0 fully saturated rings. The standard InChI is InChI=1S/C18H14ClN3OS2/c19-13-8-5-12(6-9-13)17-21-22-18(25-17)24-15-10-7-11-3-1-2-4-14(11)20-16(15)23/h1-6,8-9,15H,7,10H2,(H,20,23)/t15-/m0/s1. The van der Waals surface area contributed by atoms with Crippen molar-refractivity contribution in [1.29, 1.82) is 0 Å². The summed E-state index contributed by atoms with van der Waals surface area (Å²) >= 11 is 8.90. The van der Waals surface area contributed by atoms with Gasteiger partial charge in [-0.3, -0.25) is 4.79 Å². The number of halogens is 1. The third-order valence-electron chi connectivity index (χ3n) is 3.98. The maximum Gasteiger partial charge on any atom is 0.237 e. The van der Waals surface area contributed by atoms with Crippen LogP contribution in [0.5, 0.6) is 0 Å². The van der Waals surface area contributed by atoms with Gasteiger partial charge in [0.1, 0.15) is 5.01 Å². The number of fused-ring (bicyclic) bond motifs is 1. The molecule has 25 heavy (non-hydrogen) atoms. The largest absolute Gasteiger partial charge is 0.325 e. The van der Waals surface area contributed by atoms with Crippen molar-refractivity contribution < 1.29 is 4.79 Å². The number of benzene rings is 2.